The van der Waals surface area contributed by atoms with Crippen LogP contribution in [0.1, 0.15) is 50.7 Å². The van der Waals surface area contributed by atoms with Crippen molar-refractivity contribution in [1.82, 2.24) is 9.80 Å². The monoisotopic (exact) mass is 414 g/mol. The number of halogens is 2. The van der Waals surface area contributed by atoms with Gasteiger partial charge in [0.25, 0.3) is 0 Å². The Balaban J connectivity index is 0.00000131. The molecular weight excluding hydrogens is 383 g/mol. The maximum Gasteiger partial charge on any atom is 0.136 e. The number of ether oxygens (including phenoxy) is 1. The third-order valence-electron chi connectivity index (χ3n) is 6.09. The fourth-order valence-corrected chi connectivity index (χ4v) is 4.54. The number of phenolic OH excluding ortho intramolecular Hbond substituents is 1. The molecule has 0 saturated carbocycles. The van der Waals surface area contributed by atoms with Gasteiger partial charge in [0.15, 0.2) is 0 Å². The van der Waals surface area contributed by atoms with E-state index in [1.54, 1.807) is 0 Å². The van der Waals surface area contributed by atoms with E-state index >= 15 is 0 Å². The van der Waals surface area contributed by atoms with Crippen LogP contribution in [0.3, 0.4) is 0 Å². The van der Waals surface area contributed by atoms with E-state index in [0.29, 0.717) is 5.75 Å². The van der Waals surface area contributed by atoms with Gasteiger partial charge < -0.3 is 14.7 Å². The van der Waals surface area contributed by atoms with Crippen LogP contribution in [0, 0.1) is 0 Å². The summed E-state index contributed by atoms with van der Waals surface area (Å²) in [7, 11) is 2.17. The maximum atomic E-state index is 10.6. The second-order valence-corrected chi connectivity index (χ2v) is 8.30. The third kappa shape index (κ3) is 4.24. The largest absolute Gasteiger partial charge is 0.507 e. The van der Waals surface area contributed by atoms with Gasteiger partial charge in [-0.15, -0.1) is 24.8 Å². The molecule has 6 heteroatoms. The average Bonchev–Trinajstić information content (AvgIpc) is 2.59. The molecule has 1 fully saturated rings. The SMILES string of the molecule is CN1CCN(Cc2c(O)ccc3c2OC(C)(C)C2=C3CCCC2)CC1.Cl.Cl. The molecule has 2 aliphatic heterocycles. The number of nitrogens with zero attached hydrogens (tertiary/aromatic N) is 2. The van der Waals surface area contributed by atoms with Gasteiger partial charge in [-0.25, -0.2) is 0 Å². The highest BCUT2D eigenvalue weighted by molar-refractivity contribution is 5.85. The quantitative estimate of drug-likeness (QED) is 0.773. The number of allylic oxidation sites excluding steroid dienone is 1. The lowest BCUT2D eigenvalue weighted by Gasteiger charge is -2.41. The maximum absolute atomic E-state index is 10.6. The number of likely N-dealkylation sites (N-methyl/N-ethyl adjacent to an activating group) is 1. The van der Waals surface area contributed by atoms with Gasteiger partial charge in [0.2, 0.25) is 0 Å². The van der Waals surface area contributed by atoms with E-state index in [9.17, 15) is 5.11 Å². The first-order valence-corrected chi connectivity index (χ1v) is 9.63. The van der Waals surface area contributed by atoms with Crippen molar-refractivity contribution in [3.8, 4) is 11.5 Å². The Labute approximate surface area is 175 Å². The van der Waals surface area contributed by atoms with E-state index in [1.807, 2.05) is 6.07 Å². The molecule has 0 amide bonds. The molecule has 1 N–H and O–H groups in total. The highest BCUT2D eigenvalue weighted by Gasteiger charge is 2.37. The molecule has 2 heterocycles. The fourth-order valence-electron chi connectivity index (χ4n) is 4.54. The van der Waals surface area contributed by atoms with Crippen molar-refractivity contribution in [3.63, 3.8) is 0 Å². The zero-order valence-electron chi connectivity index (χ0n) is 16.6. The summed E-state index contributed by atoms with van der Waals surface area (Å²) in [5.74, 6) is 1.29. The number of rotatable bonds is 2. The van der Waals surface area contributed by atoms with Gasteiger partial charge in [0.1, 0.15) is 17.1 Å². The van der Waals surface area contributed by atoms with E-state index in [4.69, 9.17) is 4.74 Å². The number of fused-ring (bicyclic) bond motifs is 2. The molecule has 1 saturated heterocycles. The lowest BCUT2D eigenvalue weighted by molar-refractivity contribution is 0.124. The molecule has 0 atom stereocenters. The van der Waals surface area contributed by atoms with Crippen molar-refractivity contribution < 1.29 is 9.84 Å². The summed E-state index contributed by atoms with van der Waals surface area (Å²) in [6.07, 6.45) is 4.78. The number of hydrogen-bond acceptors (Lipinski definition) is 4. The van der Waals surface area contributed by atoms with Crippen LogP contribution in [-0.4, -0.2) is 53.7 Å². The zero-order chi connectivity index (χ0) is 17.6. The Hall–Kier alpha value is -0.940. The third-order valence-corrected chi connectivity index (χ3v) is 6.09. The van der Waals surface area contributed by atoms with E-state index < -0.39 is 0 Å². The molecule has 4 nitrogen and oxygen atoms in total. The molecule has 0 spiro atoms. The smallest absolute Gasteiger partial charge is 0.136 e. The highest BCUT2D eigenvalue weighted by Crippen LogP contribution is 2.49. The van der Waals surface area contributed by atoms with Crippen LogP contribution in [0.15, 0.2) is 17.7 Å². The molecule has 1 aromatic carbocycles. The molecule has 3 aliphatic rings. The van der Waals surface area contributed by atoms with Gasteiger partial charge >= 0.3 is 0 Å². The van der Waals surface area contributed by atoms with Crippen LogP contribution in [0.25, 0.3) is 5.57 Å². The van der Waals surface area contributed by atoms with E-state index in [-0.39, 0.29) is 30.4 Å². The number of hydrogen-bond donors (Lipinski definition) is 1. The summed E-state index contributed by atoms with van der Waals surface area (Å²) in [4.78, 5) is 4.78. The van der Waals surface area contributed by atoms with Gasteiger partial charge in [-0.05, 0) is 69.9 Å². The minimum Gasteiger partial charge on any atom is -0.507 e. The van der Waals surface area contributed by atoms with E-state index in [1.165, 1.54) is 29.6 Å². The molecule has 1 aliphatic carbocycles. The molecule has 0 bridgehead atoms. The molecule has 1 aromatic rings. The molecule has 4 rings (SSSR count). The van der Waals surface area contributed by atoms with Crippen molar-refractivity contribution in [3.05, 3.63) is 28.8 Å². The first-order chi connectivity index (χ1) is 12.0. The number of benzene rings is 1. The van der Waals surface area contributed by atoms with Gasteiger partial charge in [-0.3, -0.25) is 4.90 Å². The summed E-state index contributed by atoms with van der Waals surface area (Å²) in [6, 6.07) is 3.93. The van der Waals surface area contributed by atoms with Crippen LogP contribution in [0.2, 0.25) is 0 Å². The van der Waals surface area contributed by atoms with Crippen molar-refractivity contribution in [2.24, 2.45) is 0 Å². The normalized spacial score (nSPS) is 22.0. The van der Waals surface area contributed by atoms with Gasteiger partial charge in [-0.1, -0.05) is 0 Å². The Kier molecular flexibility index (Phi) is 7.12. The minimum atomic E-state index is -0.270. The van der Waals surface area contributed by atoms with Crippen LogP contribution < -0.4 is 4.74 Å². The van der Waals surface area contributed by atoms with Gasteiger partial charge in [0, 0.05) is 38.3 Å². The van der Waals surface area contributed by atoms with E-state index in [0.717, 1.165) is 56.9 Å². The predicted molar refractivity (Wildman–Crippen MR) is 115 cm³/mol. The molecule has 0 aromatic heterocycles. The van der Waals surface area contributed by atoms with Crippen molar-refractivity contribution in [2.45, 2.75) is 51.7 Å². The highest BCUT2D eigenvalue weighted by atomic mass is 35.5. The van der Waals surface area contributed by atoms with Crippen LogP contribution in [0.5, 0.6) is 11.5 Å². The lowest BCUT2D eigenvalue weighted by Crippen LogP contribution is -2.44. The van der Waals surface area contributed by atoms with E-state index in [2.05, 4.69) is 36.8 Å². The molecular formula is C21H32Cl2N2O2. The predicted octanol–water partition coefficient (Wildman–Crippen LogP) is 4.48. The summed E-state index contributed by atoms with van der Waals surface area (Å²) in [5.41, 5.74) is 4.84. The van der Waals surface area contributed by atoms with Gasteiger partial charge in [-0.2, -0.15) is 0 Å². The van der Waals surface area contributed by atoms with Gasteiger partial charge in [0.05, 0.1) is 5.56 Å². The average molecular weight is 415 g/mol. The Bertz CT molecular complexity index is 710. The Morgan fingerprint density at radius 3 is 2.41 bits per heavy atom. The number of phenols is 1. The molecule has 0 radical (unpaired) electrons. The van der Waals surface area contributed by atoms with Crippen molar-refractivity contribution in [2.75, 3.05) is 33.2 Å². The van der Waals surface area contributed by atoms with Crippen molar-refractivity contribution in [1.29, 1.82) is 0 Å². The van der Waals surface area contributed by atoms with Crippen molar-refractivity contribution >= 4 is 30.4 Å². The summed E-state index contributed by atoms with van der Waals surface area (Å²) in [5, 5.41) is 10.6. The number of aromatic hydroxyl groups is 1. The molecule has 152 valence electrons. The summed E-state index contributed by atoms with van der Waals surface area (Å²) >= 11 is 0. The summed E-state index contributed by atoms with van der Waals surface area (Å²) in [6.45, 7) is 9.37. The molecule has 27 heavy (non-hydrogen) atoms. The standard InChI is InChI=1S/C21H30N2O2.2ClH/c1-21(2)18-7-5-4-6-15(18)16-8-9-19(24)17(20(16)25-21)14-23-12-10-22(3)11-13-23;;/h8-9,24H,4-7,10-14H2,1-3H3;2*1H. The second-order valence-electron chi connectivity index (χ2n) is 8.30. The lowest BCUT2D eigenvalue weighted by atomic mass is 9.77. The zero-order valence-corrected chi connectivity index (χ0v) is 18.2. The second kappa shape index (κ2) is 8.60. The Morgan fingerprint density at radius 2 is 1.70 bits per heavy atom. The topological polar surface area (TPSA) is 35.9 Å². The fraction of sp³-hybridized carbons (Fsp3) is 0.619. The first kappa shape index (κ1) is 22.4. The number of piperazine rings is 1. The first-order valence-electron chi connectivity index (χ1n) is 9.63. The van der Waals surface area contributed by atoms with Crippen LogP contribution in [-0.2, 0) is 6.54 Å². The minimum absolute atomic E-state index is 0. The van der Waals surface area contributed by atoms with Crippen LogP contribution in [0.4, 0.5) is 0 Å². The Morgan fingerprint density at radius 1 is 1.04 bits per heavy atom. The summed E-state index contributed by atoms with van der Waals surface area (Å²) < 4.78 is 6.51. The van der Waals surface area contributed by atoms with Crippen LogP contribution >= 0.6 is 24.8 Å². The molecule has 0 unspecified atom stereocenters.